The summed E-state index contributed by atoms with van der Waals surface area (Å²) in [6.45, 7) is 0.638. The Bertz CT molecular complexity index is 446. The van der Waals surface area contributed by atoms with Crippen molar-refractivity contribution in [3.63, 3.8) is 0 Å². The van der Waals surface area contributed by atoms with Gasteiger partial charge in [0.2, 0.25) is 11.8 Å². The minimum atomic E-state index is -0.253. The molecule has 2 amide bonds. The molecule has 0 aliphatic heterocycles. The zero-order valence-corrected chi connectivity index (χ0v) is 11.7. The molecule has 5 N–H and O–H groups in total. The van der Waals surface area contributed by atoms with Crippen molar-refractivity contribution in [3.05, 3.63) is 29.8 Å². The van der Waals surface area contributed by atoms with Gasteiger partial charge in [-0.25, -0.2) is 0 Å². The number of aryl methyl sites for hydroxylation is 1. The zero-order valence-electron chi connectivity index (χ0n) is 11.7. The van der Waals surface area contributed by atoms with Gasteiger partial charge in [-0.3, -0.25) is 14.9 Å². The van der Waals surface area contributed by atoms with Crippen LogP contribution < -0.4 is 16.8 Å². The minimum absolute atomic E-state index is 0.215. The standard InChI is InChI=1S/C15H23N3O2/c16-11-5-1-2-8-14(19)18-15(20)10-9-12-6-3-4-7-13(12)17/h3-4,6-7H,1-2,5,8-11,16-17H2,(H,18,19,20). The lowest BCUT2D eigenvalue weighted by Crippen LogP contribution is -2.30. The smallest absolute Gasteiger partial charge is 0.226 e. The van der Waals surface area contributed by atoms with E-state index in [1.165, 1.54) is 0 Å². The average molecular weight is 277 g/mol. The summed E-state index contributed by atoms with van der Waals surface area (Å²) in [7, 11) is 0. The van der Waals surface area contributed by atoms with Gasteiger partial charge in [0.25, 0.3) is 0 Å². The van der Waals surface area contributed by atoms with E-state index in [2.05, 4.69) is 5.32 Å². The van der Waals surface area contributed by atoms with Gasteiger partial charge in [-0.2, -0.15) is 0 Å². The highest BCUT2D eigenvalue weighted by molar-refractivity contribution is 5.95. The molecule has 1 aromatic carbocycles. The third-order valence-electron chi connectivity index (χ3n) is 3.06. The molecular formula is C15H23N3O2. The fraction of sp³-hybridized carbons (Fsp3) is 0.467. The maximum atomic E-state index is 11.6. The van der Waals surface area contributed by atoms with Crippen LogP contribution in [0.3, 0.4) is 0 Å². The lowest BCUT2D eigenvalue weighted by Gasteiger charge is -2.06. The molecule has 5 heteroatoms. The van der Waals surface area contributed by atoms with Crippen LogP contribution in [-0.4, -0.2) is 18.4 Å². The van der Waals surface area contributed by atoms with Crippen LogP contribution in [0.25, 0.3) is 0 Å². The van der Waals surface area contributed by atoms with Gasteiger partial charge in [0.1, 0.15) is 0 Å². The van der Waals surface area contributed by atoms with Crippen LogP contribution in [0.4, 0.5) is 5.69 Å². The molecule has 0 radical (unpaired) electrons. The van der Waals surface area contributed by atoms with E-state index in [0.717, 1.165) is 24.8 Å². The topological polar surface area (TPSA) is 98.2 Å². The van der Waals surface area contributed by atoms with Crippen LogP contribution in [0.5, 0.6) is 0 Å². The second-order valence-electron chi connectivity index (χ2n) is 4.77. The van der Waals surface area contributed by atoms with Gasteiger partial charge in [-0.1, -0.05) is 24.6 Å². The highest BCUT2D eigenvalue weighted by atomic mass is 16.2. The van der Waals surface area contributed by atoms with Gasteiger partial charge in [-0.05, 0) is 37.4 Å². The third kappa shape index (κ3) is 6.33. The second kappa shape index (κ2) is 9.09. The number of carbonyl (C=O) groups is 2. The number of carbonyl (C=O) groups excluding carboxylic acids is 2. The largest absolute Gasteiger partial charge is 0.399 e. The predicted octanol–water partition coefficient (Wildman–Crippen LogP) is 1.36. The van der Waals surface area contributed by atoms with E-state index in [0.29, 0.717) is 25.1 Å². The molecule has 1 aromatic rings. The molecule has 0 heterocycles. The third-order valence-corrected chi connectivity index (χ3v) is 3.06. The van der Waals surface area contributed by atoms with E-state index < -0.39 is 0 Å². The van der Waals surface area contributed by atoms with Crippen LogP contribution in [0.1, 0.15) is 37.7 Å². The molecule has 0 saturated heterocycles. The van der Waals surface area contributed by atoms with Crippen LogP contribution >= 0.6 is 0 Å². The van der Waals surface area contributed by atoms with Gasteiger partial charge in [0.15, 0.2) is 0 Å². The lowest BCUT2D eigenvalue weighted by molar-refractivity contribution is -0.130. The maximum absolute atomic E-state index is 11.6. The Morgan fingerprint density at radius 1 is 1.00 bits per heavy atom. The van der Waals surface area contributed by atoms with Crippen molar-refractivity contribution in [2.75, 3.05) is 12.3 Å². The molecule has 5 nitrogen and oxygen atoms in total. The maximum Gasteiger partial charge on any atom is 0.226 e. The highest BCUT2D eigenvalue weighted by Crippen LogP contribution is 2.12. The summed E-state index contributed by atoms with van der Waals surface area (Å²) in [5, 5.41) is 2.40. The monoisotopic (exact) mass is 277 g/mol. The van der Waals surface area contributed by atoms with Crippen LogP contribution in [0.15, 0.2) is 24.3 Å². The Morgan fingerprint density at radius 3 is 2.40 bits per heavy atom. The molecule has 0 aromatic heterocycles. The molecule has 0 atom stereocenters. The Balaban J connectivity index is 2.23. The number of anilines is 1. The number of hydrogen-bond donors (Lipinski definition) is 3. The van der Waals surface area contributed by atoms with Gasteiger partial charge >= 0.3 is 0 Å². The number of unbranched alkanes of at least 4 members (excludes halogenated alkanes) is 2. The molecule has 1 rings (SSSR count). The van der Waals surface area contributed by atoms with E-state index in [9.17, 15) is 9.59 Å². The first kappa shape index (κ1) is 16.2. The summed E-state index contributed by atoms with van der Waals surface area (Å²) in [6.07, 6.45) is 3.77. The van der Waals surface area contributed by atoms with Crippen LogP contribution in [-0.2, 0) is 16.0 Å². The molecule has 0 aliphatic carbocycles. The molecule has 0 unspecified atom stereocenters. The van der Waals surface area contributed by atoms with Crippen LogP contribution in [0.2, 0.25) is 0 Å². The minimum Gasteiger partial charge on any atom is -0.399 e. The average Bonchev–Trinajstić information content (AvgIpc) is 2.43. The van der Waals surface area contributed by atoms with Crippen molar-refractivity contribution < 1.29 is 9.59 Å². The van der Waals surface area contributed by atoms with Crippen molar-refractivity contribution in [3.8, 4) is 0 Å². The van der Waals surface area contributed by atoms with Crippen LogP contribution in [0, 0.1) is 0 Å². The number of benzene rings is 1. The molecule has 20 heavy (non-hydrogen) atoms. The summed E-state index contributed by atoms with van der Waals surface area (Å²) < 4.78 is 0. The normalized spacial score (nSPS) is 10.2. The zero-order chi connectivity index (χ0) is 14.8. The number of para-hydroxylation sites is 1. The molecular weight excluding hydrogens is 254 g/mol. The van der Waals surface area contributed by atoms with Gasteiger partial charge < -0.3 is 11.5 Å². The Labute approximate surface area is 119 Å². The van der Waals surface area contributed by atoms with E-state index in [4.69, 9.17) is 11.5 Å². The number of nitrogens with two attached hydrogens (primary N) is 2. The van der Waals surface area contributed by atoms with Gasteiger partial charge in [0.05, 0.1) is 0 Å². The second-order valence-corrected chi connectivity index (χ2v) is 4.77. The van der Waals surface area contributed by atoms with Gasteiger partial charge in [-0.15, -0.1) is 0 Å². The molecule has 0 aliphatic rings. The Hall–Kier alpha value is -1.88. The van der Waals surface area contributed by atoms with E-state index in [1.807, 2.05) is 18.2 Å². The number of nitrogen functional groups attached to an aromatic ring is 1. The van der Waals surface area contributed by atoms with E-state index in [-0.39, 0.29) is 18.2 Å². The van der Waals surface area contributed by atoms with Crippen molar-refractivity contribution in [2.24, 2.45) is 5.73 Å². The Morgan fingerprint density at radius 2 is 1.70 bits per heavy atom. The number of hydrogen-bond acceptors (Lipinski definition) is 4. The van der Waals surface area contributed by atoms with E-state index >= 15 is 0 Å². The molecule has 0 bridgehead atoms. The fourth-order valence-corrected chi connectivity index (χ4v) is 1.90. The quantitative estimate of drug-likeness (QED) is 0.493. The number of rotatable bonds is 8. The molecule has 110 valence electrons. The highest BCUT2D eigenvalue weighted by Gasteiger charge is 2.08. The predicted molar refractivity (Wildman–Crippen MR) is 79.8 cm³/mol. The van der Waals surface area contributed by atoms with E-state index in [1.54, 1.807) is 6.07 Å². The van der Waals surface area contributed by atoms with Gasteiger partial charge in [0, 0.05) is 18.5 Å². The number of amides is 2. The molecule has 0 spiro atoms. The Kier molecular flexibility index (Phi) is 7.35. The fourth-order valence-electron chi connectivity index (χ4n) is 1.90. The van der Waals surface area contributed by atoms with Crippen molar-refractivity contribution in [1.82, 2.24) is 5.32 Å². The van der Waals surface area contributed by atoms with Crippen molar-refractivity contribution in [1.29, 1.82) is 0 Å². The summed E-state index contributed by atoms with van der Waals surface area (Å²) in [4.78, 5) is 23.1. The summed E-state index contributed by atoms with van der Waals surface area (Å²) in [5.74, 6) is -0.467. The molecule has 0 fully saturated rings. The summed E-state index contributed by atoms with van der Waals surface area (Å²) in [5.41, 5.74) is 12.8. The summed E-state index contributed by atoms with van der Waals surface area (Å²) >= 11 is 0. The van der Waals surface area contributed by atoms with Crippen molar-refractivity contribution >= 4 is 17.5 Å². The first-order chi connectivity index (χ1) is 9.63. The first-order valence-corrected chi connectivity index (χ1v) is 6.99. The first-order valence-electron chi connectivity index (χ1n) is 6.99. The molecule has 0 saturated carbocycles. The lowest BCUT2D eigenvalue weighted by atomic mass is 10.1. The summed E-state index contributed by atoms with van der Waals surface area (Å²) in [6, 6.07) is 7.42. The number of nitrogens with one attached hydrogen (secondary N) is 1. The SMILES string of the molecule is NCCCCCC(=O)NC(=O)CCc1ccccc1N. The number of imide groups is 1. The van der Waals surface area contributed by atoms with Crippen molar-refractivity contribution in [2.45, 2.75) is 38.5 Å².